The number of nitrogens with one attached hydrogen (secondary N) is 2. The first kappa shape index (κ1) is 18.3. The van der Waals surface area contributed by atoms with Crippen molar-refractivity contribution in [3.63, 3.8) is 0 Å². The van der Waals surface area contributed by atoms with E-state index in [-0.39, 0.29) is 17.6 Å². The highest BCUT2D eigenvalue weighted by molar-refractivity contribution is 14.1. The first-order valence-corrected chi connectivity index (χ1v) is 8.62. The van der Waals surface area contributed by atoms with Crippen LogP contribution in [0.5, 0.6) is 5.75 Å². The summed E-state index contributed by atoms with van der Waals surface area (Å²) in [6, 6.07) is 12.4. The predicted octanol–water partition coefficient (Wildman–Crippen LogP) is 4.49. The van der Waals surface area contributed by atoms with E-state index in [0.29, 0.717) is 15.8 Å². The van der Waals surface area contributed by atoms with Gasteiger partial charge in [-0.05, 0) is 77.3 Å². The van der Waals surface area contributed by atoms with Crippen LogP contribution in [0.1, 0.15) is 0 Å². The lowest BCUT2D eigenvalue weighted by Gasteiger charge is -2.11. The highest BCUT2D eigenvalue weighted by Crippen LogP contribution is 2.27. The minimum atomic E-state index is -0.390. The number of benzene rings is 2. The number of amides is 1. The molecule has 0 atom stereocenters. The van der Waals surface area contributed by atoms with E-state index in [4.69, 9.17) is 40.2 Å². The Morgan fingerprint density at radius 1 is 1.17 bits per heavy atom. The standard InChI is InChI=1S/C15H11Cl2IN2O2S/c16-9-1-6-13(12(17)7-9)22-8-14(21)20-15(23)19-11-4-2-10(18)3-5-11/h1-7H,8H2,(H2,19,20,21,23). The number of carbonyl (C=O) groups excluding carboxylic acids is 1. The van der Waals surface area contributed by atoms with Crippen molar-refractivity contribution in [1.29, 1.82) is 0 Å². The van der Waals surface area contributed by atoms with E-state index in [2.05, 4.69) is 33.2 Å². The van der Waals surface area contributed by atoms with Gasteiger partial charge in [0.15, 0.2) is 11.7 Å². The van der Waals surface area contributed by atoms with Gasteiger partial charge in [-0.2, -0.15) is 0 Å². The molecule has 0 unspecified atom stereocenters. The van der Waals surface area contributed by atoms with E-state index >= 15 is 0 Å². The smallest absolute Gasteiger partial charge is 0.264 e. The minimum Gasteiger partial charge on any atom is -0.482 e. The van der Waals surface area contributed by atoms with Gasteiger partial charge >= 0.3 is 0 Å². The molecule has 0 fully saturated rings. The summed E-state index contributed by atoms with van der Waals surface area (Å²) in [6.07, 6.45) is 0. The minimum absolute atomic E-state index is 0.196. The molecule has 2 N–H and O–H groups in total. The Hall–Kier alpha value is -1.09. The average molecular weight is 481 g/mol. The molecule has 2 rings (SSSR count). The molecule has 0 spiro atoms. The fraction of sp³-hybridized carbons (Fsp3) is 0.0667. The molecule has 0 saturated carbocycles. The summed E-state index contributed by atoms with van der Waals surface area (Å²) < 4.78 is 6.44. The number of rotatable bonds is 4. The van der Waals surface area contributed by atoms with Crippen LogP contribution in [0.25, 0.3) is 0 Å². The van der Waals surface area contributed by atoms with Crippen LogP contribution < -0.4 is 15.4 Å². The van der Waals surface area contributed by atoms with Crippen molar-refractivity contribution >= 4 is 74.7 Å². The van der Waals surface area contributed by atoms with Gasteiger partial charge in [-0.25, -0.2) is 0 Å². The van der Waals surface area contributed by atoms with E-state index in [1.807, 2.05) is 24.3 Å². The molecular formula is C15H11Cl2IN2O2S. The maximum absolute atomic E-state index is 11.8. The lowest BCUT2D eigenvalue weighted by Crippen LogP contribution is -2.37. The summed E-state index contributed by atoms with van der Waals surface area (Å²) >= 11 is 19.0. The SMILES string of the molecule is O=C(COc1ccc(Cl)cc1Cl)NC(=S)Nc1ccc(I)cc1. The van der Waals surface area contributed by atoms with Gasteiger partial charge in [0.25, 0.3) is 5.91 Å². The average Bonchev–Trinajstić information content (AvgIpc) is 2.48. The predicted molar refractivity (Wildman–Crippen MR) is 105 cm³/mol. The Balaban J connectivity index is 1.82. The first-order valence-electron chi connectivity index (χ1n) is 6.38. The molecule has 0 aromatic heterocycles. The van der Waals surface area contributed by atoms with Crippen LogP contribution in [0.2, 0.25) is 10.0 Å². The molecule has 0 radical (unpaired) electrons. The van der Waals surface area contributed by atoms with E-state index in [1.165, 1.54) is 0 Å². The highest BCUT2D eigenvalue weighted by atomic mass is 127. The monoisotopic (exact) mass is 480 g/mol. The Morgan fingerprint density at radius 3 is 2.52 bits per heavy atom. The van der Waals surface area contributed by atoms with Crippen molar-refractivity contribution in [3.8, 4) is 5.75 Å². The van der Waals surface area contributed by atoms with Crippen LogP contribution in [-0.2, 0) is 4.79 Å². The molecule has 8 heteroatoms. The zero-order valence-electron chi connectivity index (χ0n) is 11.6. The molecule has 4 nitrogen and oxygen atoms in total. The lowest BCUT2D eigenvalue weighted by molar-refractivity contribution is -0.121. The number of ether oxygens (including phenoxy) is 1. The molecular weight excluding hydrogens is 470 g/mol. The Bertz CT molecular complexity index is 726. The number of hydrogen-bond acceptors (Lipinski definition) is 3. The van der Waals surface area contributed by atoms with Crippen molar-refractivity contribution in [2.45, 2.75) is 0 Å². The van der Waals surface area contributed by atoms with Gasteiger partial charge in [0.1, 0.15) is 5.75 Å². The molecule has 2 aromatic rings. The second-order valence-corrected chi connectivity index (χ2v) is 6.87. The van der Waals surface area contributed by atoms with Crippen molar-refractivity contribution < 1.29 is 9.53 Å². The third-order valence-electron chi connectivity index (χ3n) is 2.61. The van der Waals surface area contributed by atoms with Crippen molar-refractivity contribution in [2.24, 2.45) is 0 Å². The summed E-state index contributed by atoms with van der Waals surface area (Å²) in [5, 5.41) is 6.47. The first-order chi connectivity index (χ1) is 10.9. The molecule has 0 saturated heterocycles. The molecule has 1 amide bonds. The summed E-state index contributed by atoms with van der Waals surface area (Å²) in [4.78, 5) is 11.8. The molecule has 0 heterocycles. The molecule has 0 aliphatic heterocycles. The third kappa shape index (κ3) is 6.14. The van der Waals surface area contributed by atoms with Crippen molar-refractivity contribution in [1.82, 2.24) is 5.32 Å². The third-order valence-corrected chi connectivity index (χ3v) is 4.06. The topological polar surface area (TPSA) is 50.4 Å². The fourth-order valence-corrected chi connectivity index (χ4v) is 2.65. The van der Waals surface area contributed by atoms with Crippen LogP contribution >= 0.6 is 58.0 Å². The van der Waals surface area contributed by atoms with Crippen LogP contribution in [0.15, 0.2) is 42.5 Å². The molecule has 0 aliphatic carbocycles. The Morgan fingerprint density at radius 2 is 1.87 bits per heavy atom. The zero-order valence-corrected chi connectivity index (χ0v) is 16.1. The lowest BCUT2D eigenvalue weighted by atomic mass is 10.3. The maximum atomic E-state index is 11.8. The summed E-state index contributed by atoms with van der Waals surface area (Å²) in [5.41, 5.74) is 0.789. The molecule has 2 aromatic carbocycles. The van der Waals surface area contributed by atoms with Gasteiger partial charge in [-0.3, -0.25) is 10.1 Å². The van der Waals surface area contributed by atoms with Crippen LogP contribution in [-0.4, -0.2) is 17.6 Å². The zero-order chi connectivity index (χ0) is 16.8. The second kappa shape index (κ2) is 8.68. The van der Waals surface area contributed by atoms with Gasteiger partial charge in [-0.15, -0.1) is 0 Å². The van der Waals surface area contributed by atoms with Gasteiger partial charge in [-0.1, -0.05) is 23.2 Å². The molecule has 0 bridgehead atoms. The molecule has 0 aliphatic rings. The summed E-state index contributed by atoms with van der Waals surface area (Å²) in [5.74, 6) is -0.0123. The quantitative estimate of drug-likeness (QED) is 0.500. The number of halogens is 3. The number of carbonyl (C=O) groups is 1. The Labute approximate surface area is 162 Å². The highest BCUT2D eigenvalue weighted by Gasteiger charge is 2.08. The van der Waals surface area contributed by atoms with Gasteiger partial charge < -0.3 is 10.1 Å². The molecule has 120 valence electrons. The number of thiocarbonyl (C=S) groups is 1. The van der Waals surface area contributed by atoms with E-state index in [9.17, 15) is 4.79 Å². The number of anilines is 1. The van der Waals surface area contributed by atoms with Gasteiger partial charge in [0.05, 0.1) is 5.02 Å². The van der Waals surface area contributed by atoms with Crippen molar-refractivity contribution in [2.75, 3.05) is 11.9 Å². The van der Waals surface area contributed by atoms with E-state index in [1.54, 1.807) is 18.2 Å². The fourth-order valence-electron chi connectivity index (χ4n) is 1.59. The van der Waals surface area contributed by atoms with Crippen LogP contribution in [0.3, 0.4) is 0 Å². The van der Waals surface area contributed by atoms with Crippen LogP contribution in [0.4, 0.5) is 5.69 Å². The van der Waals surface area contributed by atoms with Gasteiger partial charge in [0, 0.05) is 14.3 Å². The Kier molecular flexibility index (Phi) is 6.88. The van der Waals surface area contributed by atoms with Crippen LogP contribution in [0, 0.1) is 3.57 Å². The van der Waals surface area contributed by atoms with E-state index < -0.39 is 0 Å². The maximum Gasteiger partial charge on any atom is 0.264 e. The van der Waals surface area contributed by atoms with Gasteiger partial charge in [0.2, 0.25) is 0 Å². The van der Waals surface area contributed by atoms with Crippen molar-refractivity contribution in [3.05, 3.63) is 56.1 Å². The number of hydrogen-bond donors (Lipinski definition) is 2. The molecule has 23 heavy (non-hydrogen) atoms. The largest absolute Gasteiger partial charge is 0.482 e. The summed E-state index contributed by atoms with van der Waals surface area (Å²) in [7, 11) is 0. The second-order valence-electron chi connectivity index (χ2n) is 4.37. The normalized spacial score (nSPS) is 10.0. The summed E-state index contributed by atoms with van der Waals surface area (Å²) in [6.45, 7) is -0.212. The van der Waals surface area contributed by atoms with E-state index in [0.717, 1.165) is 9.26 Å².